The smallest absolute Gasteiger partial charge is 0.00966 e. The summed E-state index contributed by atoms with van der Waals surface area (Å²) < 4.78 is 0. The van der Waals surface area contributed by atoms with Gasteiger partial charge in [-0.25, -0.2) is 0 Å². The van der Waals surface area contributed by atoms with Crippen LogP contribution in [0, 0.1) is 11.8 Å². The Labute approximate surface area is 116 Å². The van der Waals surface area contributed by atoms with Gasteiger partial charge in [0.05, 0.1) is 0 Å². The van der Waals surface area contributed by atoms with Gasteiger partial charge < -0.3 is 5.32 Å². The summed E-state index contributed by atoms with van der Waals surface area (Å²) in [5.74, 6) is 1.85. The van der Waals surface area contributed by atoms with Crippen LogP contribution in [0.4, 0.5) is 0 Å². The summed E-state index contributed by atoms with van der Waals surface area (Å²) in [5.41, 5.74) is 0.265. The molecular weight excluding hydrogens is 238 g/mol. The average molecular weight is 265 g/mol. The number of hydrogen-bond acceptors (Lipinski definition) is 2. The van der Waals surface area contributed by atoms with Crippen molar-refractivity contribution in [1.29, 1.82) is 0 Å². The Kier molecular flexibility index (Phi) is 4.85. The third-order valence-electron chi connectivity index (χ3n) is 4.05. The van der Waals surface area contributed by atoms with Crippen LogP contribution in [0.25, 0.3) is 0 Å². The highest BCUT2D eigenvalue weighted by molar-refractivity contribution is 7.09. The van der Waals surface area contributed by atoms with Gasteiger partial charge in [-0.2, -0.15) is 0 Å². The first-order valence-electron chi connectivity index (χ1n) is 7.32. The number of aryl methyl sites for hydroxylation is 1. The molecule has 1 fully saturated rings. The Morgan fingerprint density at radius 2 is 2.06 bits per heavy atom. The minimum absolute atomic E-state index is 0.265. The van der Waals surface area contributed by atoms with E-state index in [9.17, 15) is 0 Å². The highest BCUT2D eigenvalue weighted by Crippen LogP contribution is 2.35. The van der Waals surface area contributed by atoms with Crippen LogP contribution in [-0.4, -0.2) is 12.1 Å². The highest BCUT2D eigenvalue weighted by Gasteiger charge is 2.27. The fourth-order valence-electron chi connectivity index (χ4n) is 2.98. The molecule has 0 spiro atoms. The normalized spacial score (nSPS) is 24.6. The van der Waals surface area contributed by atoms with Crippen LogP contribution in [-0.2, 0) is 6.42 Å². The number of rotatable bonds is 5. The van der Waals surface area contributed by atoms with E-state index in [1.54, 1.807) is 4.88 Å². The van der Waals surface area contributed by atoms with Gasteiger partial charge in [0, 0.05) is 10.4 Å². The molecular formula is C16H27NS. The largest absolute Gasteiger partial charge is 0.312 e. The molecule has 2 unspecified atom stereocenters. The minimum atomic E-state index is 0.265. The van der Waals surface area contributed by atoms with Crippen molar-refractivity contribution in [2.45, 2.75) is 58.4 Å². The van der Waals surface area contributed by atoms with E-state index >= 15 is 0 Å². The first-order chi connectivity index (χ1) is 8.54. The predicted octanol–water partition coefficient (Wildman–Crippen LogP) is 4.49. The second kappa shape index (κ2) is 6.21. The summed E-state index contributed by atoms with van der Waals surface area (Å²) in [7, 11) is 0. The van der Waals surface area contributed by atoms with Gasteiger partial charge in [0.15, 0.2) is 0 Å². The van der Waals surface area contributed by atoms with Gasteiger partial charge in [0.1, 0.15) is 0 Å². The van der Waals surface area contributed by atoms with E-state index in [0.717, 1.165) is 11.8 Å². The van der Waals surface area contributed by atoms with E-state index in [1.807, 2.05) is 11.3 Å². The summed E-state index contributed by atoms with van der Waals surface area (Å²) >= 11 is 1.91. The topological polar surface area (TPSA) is 12.0 Å². The zero-order valence-corrected chi connectivity index (χ0v) is 12.9. The summed E-state index contributed by atoms with van der Waals surface area (Å²) in [6.07, 6.45) is 6.98. The fraction of sp³-hybridized carbons (Fsp3) is 0.750. The van der Waals surface area contributed by atoms with E-state index < -0.39 is 0 Å². The fourth-order valence-corrected chi connectivity index (χ4v) is 3.71. The maximum atomic E-state index is 3.69. The van der Waals surface area contributed by atoms with Crippen LogP contribution in [0.5, 0.6) is 0 Å². The van der Waals surface area contributed by atoms with Crippen LogP contribution in [0.15, 0.2) is 17.5 Å². The molecule has 1 aliphatic rings. The molecule has 1 saturated carbocycles. The van der Waals surface area contributed by atoms with Crippen LogP contribution in [0.1, 0.15) is 51.3 Å². The molecule has 102 valence electrons. The molecule has 1 heterocycles. The maximum Gasteiger partial charge on any atom is 0.00966 e. The van der Waals surface area contributed by atoms with Crippen LogP contribution in [0.3, 0.4) is 0 Å². The molecule has 1 aliphatic carbocycles. The van der Waals surface area contributed by atoms with Gasteiger partial charge in [-0.1, -0.05) is 18.9 Å². The number of thiophene rings is 1. The monoisotopic (exact) mass is 265 g/mol. The predicted molar refractivity (Wildman–Crippen MR) is 81.2 cm³/mol. The molecule has 0 aromatic carbocycles. The Morgan fingerprint density at radius 1 is 1.28 bits per heavy atom. The third kappa shape index (κ3) is 4.40. The molecule has 0 bridgehead atoms. The molecule has 2 rings (SSSR count). The van der Waals surface area contributed by atoms with Gasteiger partial charge in [0.2, 0.25) is 0 Å². The Hall–Kier alpha value is -0.340. The zero-order chi connectivity index (χ0) is 13.0. The summed E-state index contributed by atoms with van der Waals surface area (Å²) in [4.78, 5) is 1.56. The number of hydrogen-bond donors (Lipinski definition) is 1. The van der Waals surface area contributed by atoms with Crippen LogP contribution < -0.4 is 5.32 Å². The molecule has 0 amide bonds. The lowest BCUT2D eigenvalue weighted by Gasteiger charge is -2.26. The lowest BCUT2D eigenvalue weighted by atomic mass is 9.90. The molecule has 0 radical (unpaired) electrons. The molecule has 2 atom stereocenters. The van der Waals surface area contributed by atoms with E-state index in [-0.39, 0.29) is 5.54 Å². The molecule has 1 aromatic rings. The minimum Gasteiger partial charge on any atom is -0.312 e. The summed E-state index contributed by atoms with van der Waals surface area (Å²) in [6, 6.07) is 4.45. The maximum absolute atomic E-state index is 3.69. The van der Waals surface area contributed by atoms with Gasteiger partial charge in [-0.3, -0.25) is 0 Å². The Morgan fingerprint density at radius 3 is 2.72 bits per heavy atom. The molecule has 1 nitrogen and oxygen atoms in total. The molecule has 1 N–H and O–H groups in total. The van der Waals surface area contributed by atoms with Crippen molar-refractivity contribution in [3.63, 3.8) is 0 Å². The highest BCUT2D eigenvalue weighted by atomic mass is 32.1. The second-order valence-electron chi connectivity index (χ2n) is 6.70. The van der Waals surface area contributed by atoms with Crippen molar-refractivity contribution in [2.24, 2.45) is 11.8 Å². The SMILES string of the molecule is CC(C)(C)NCC1CCCC1CCc1cccs1. The molecule has 0 aliphatic heterocycles. The standard InChI is InChI=1S/C16H27NS/c1-16(2,3)17-12-14-7-4-6-13(14)9-10-15-8-5-11-18-15/h5,8,11,13-14,17H,4,6-7,9-10,12H2,1-3H3. The van der Waals surface area contributed by atoms with E-state index in [4.69, 9.17) is 0 Å². The van der Waals surface area contributed by atoms with E-state index in [0.29, 0.717) is 0 Å². The first kappa shape index (κ1) is 14.1. The Bertz CT molecular complexity index is 336. The molecule has 2 heteroatoms. The summed E-state index contributed by atoms with van der Waals surface area (Å²) in [5, 5.41) is 5.89. The van der Waals surface area contributed by atoms with Crippen molar-refractivity contribution >= 4 is 11.3 Å². The quantitative estimate of drug-likeness (QED) is 0.827. The van der Waals surface area contributed by atoms with Crippen LogP contribution in [0.2, 0.25) is 0 Å². The number of nitrogens with one attached hydrogen (secondary N) is 1. The van der Waals surface area contributed by atoms with Crippen molar-refractivity contribution in [3.05, 3.63) is 22.4 Å². The van der Waals surface area contributed by atoms with Gasteiger partial charge in [0.25, 0.3) is 0 Å². The van der Waals surface area contributed by atoms with Crippen molar-refractivity contribution in [1.82, 2.24) is 5.32 Å². The molecule has 18 heavy (non-hydrogen) atoms. The zero-order valence-electron chi connectivity index (χ0n) is 12.0. The molecule has 1 aromatic heterocycles. The lowest BCUT2D eigenvalue weighted by Crippen LogP contribution is -2.39. The Balaban J connectivity index is 1.76. The second-order valence-corrected chi connectivity index (χ2v) is 7.73. The average Bonchev–Trinajstić information content (AvgIpc) is 2.94. The first-order valence-corrected chi connectivity index (χ1v) is 8.20. The van der Waals surface area contributed by atoms with Crippen LogP contribution >= 0.6 is 11.3 Å². The van der Waals surface area contributed by atoms with Gasteiger partial charge in [-0.15, -0.1) is 11.3 Å². The third-order valence-corrected chi connectivity index (χ3v) is 4.99. The van der Waals surface area contributed by atoms with Crippen molar-refractivity contribution < 1.29 is 0 Å². The lowest BCUT2D eigenvalue weighted by molar-refractivity contribution is 0.307. The molecule has 0 saturated heterocycles. The van der Waals surface area contributed by atoms with Gasteiger partial charge >= 0.3 is 0 Å². The van der Waals surface area contributed by atoms with E-state index in [2.05, 4.69) is 43.6 Å². The summed E-state index contributed by atoms with van der Waals surface area (Å²) in [6.45, 7) is 8.01. The van der Waals surface area contributed by atoms with Crippen molar-refractivity contribution in [2.75, 3.05) is 6.54 Å². The van der Waals surface area contributed by atoms with Crippen molar-refractivity contribution in [3.8, 4) is 0 Å². The van der Waals surface area contributed by atoms with Gasteiger partial charge in [-0.05, 0) is 69.9 Å². The van der Waals surface area contributed by atoms with E-state index in [1.165, 1.54) is 38.6 Å².